The molecule has 8 heteroatoms. The molecule has 0 aromatic carbocycles. The van der Waals surface area contributed by atoms with Gasteiger partial charge in [0.15, 0.2) is 0 Å². The van der Waals surface area contributed by atoms with Crippen LogP contribution in [0.1, 0.15) is 0 Å². The van der Waals surface area contributed by atoms with Gasteiger partial charge in [0.2, 0.25) is 0 Å². The molecule has 0 aliphatic carbocycles. The van der Waals surface area contributed by atoms with Crippen LogP contribution in [0.3, 0.4) is 0 Å². The zero-order valence-corrected chi connectivity index (χ0v) is 8.64. The van der Waals surface area contributed by atoms with Crippen molar-refractivity contribution in [2.24, 2.45) is 0 Å². The number of rotatable bonds is 0. The average Bonchev–Trinajstić information content (AvgIpc) is 1.70. The van der Waals surface area contributed by atoms with Crippen LogP contribution >= 0.6 is 0 Å². The zero-order valence-electron chi connectivity index (χ0n) is 5.54. The number of carbonyl (C=O) groups excluding carboxylic acids is 3. The molecule has 11 heavy (non-hydrogen) atoms. The van der Waals surface area contributed by atoms with Gasteiger partial charge in [-0.2, -0.15) is 0 Å². The fourth-order valence-electron chi connectivity index (χ4n) is 0. The van der Waals surface area contributed by atoms with Crippen LogP contribution in [0.5, 0.6) is 0 Å². The summed E-state index contributed by atoms with van der Waals surface area (Å²) in [6.45, 7) is -1.50. The molecule has 0 radical (unpaired) electrons. The van der Waals surface area contributed by atoms with Crippen molar-refractivity contribution in [1.82, 2.24) is 0 Å². The van der Waals surface area contributed by atoms with Crippen LogP contribution in [0.2, 0.25) is 0 Å². The monoisotopic (exact) mass is 214 g/mol. The zero-order chi connectivity index (χ0) is 8.12. The Kier molecular flexibility index (Phi) is 257. The molecule has 0 heterocycles. The number of carboxylic acid groups (broad SMARTS) is 3. The van der Waals surface area contributed by atoms with Crippen LogP contribution in [0.4, 0.5) is 0 Å². The van der Waals surface area contributed by atoms with Crippen molar-refractivity contribution in [3.63, 3.8) is 0 Å². The van der Waals surface area contributed by atoms with E-state index in [1.165, 1.54) is 0 Å². The Morgan fingerprint density at radius 2 is 0.727 bits per heavy atom. The van der Waals surface area contributed by atoms with Gasteiger partial charge in [-0.15, -0.1) is 0 Å². The molecule has 0 N–H and O–H groups in total. The SMILES string of the molecule is O=C[O-].O=C[O-].O=C[O-].[Fe+2].[Na+]. The number of carbonyl (C=O) groups is 3. The standard InChI is InChI=1S/3CH2O2.Fe.Na/c3*2-1-3;;/h3*1H,(H,2,3);;/q;;;+2;+1/p-3. The van der Waals surface area contributed by atoms with Gasteiger partial charge < -0.3 is 29.7 Å². The molecule has 0 aliphatic rings. The van der Waals surface area contributed by atoms with Crippen molar-refractivity contribution in [3.8, 4) is 0 Å². The summed E-state index contributed by atoms with van der Waals surface area (Å²) in [4.78, 5) is 24.8. The summed E-state index contributed by atoms with van der Waals surface area (Å²) < 4.78 is 0. The number of hydrogen-bond donors (Lipinski definition) is 0. The van der Waals surface area contributed by atoms with Gasteiger partial charge in [-0.25, -0.2) is 0 Å². The van der Waals surface area contributed by atoms with E-state index in [0.717, 1.165) is 0 Å². The third-order valence-electron chi connectivity index (χ3n) is 0. The van der Waals surface area contributed by atoms with E-state index in [1.54, 1.807) is 0 Å². The molecular formula is C3H3FeNaO6. The topological polar surface area (TPSA) is 120 Å². The van der Waals surface area contributed by atoms with Crippen LogP contribution in [0, 0.1) is 0 Å². The molecule has 0 saturated carbocycles. The van der Waals surface area contributed by atoms with Crippen LogP contribution in [0.15, 0.2) is 0 Å². The van der Waals surface area contributed by atoms with Crippen molar-refractivity contribution in [2.75, 3.05) is 0 Å². The van der Waals surface area contributed by atoms with Crippen molar-refractivity contribution >= 4 is 19.4 Å². The van der Waals surface area contributed by atoms with E-state index in [4.69, 9.17) is 29.7 Å². The Morgan fingerprint density at radius 1 is 0.727 bits per heavy atom. The largest absolute Gasteiger partial charge is 2.00 e. The molecule has 0 aromatic heterocycles. The maximum atomic E-state index is 8.25. The molecule has 0 saturated heterocycles. The molecule has 0 amide bonds. The van der Waals surface area contributed by atoms with Gasteiger partial charge in [0.25, 0.3) is 0 Å². The van der Waals surface area contributed by atoms with E-state index in [0.29, 0.717) is 0 Å². The predicted molar refractivity (Wildman–Crippen MR) is 18.2 cm³/mol. The molecule has 0 unspecified atom stereocenters. The van der Waals surface area contributed by atoms with Gasteiger partial charge in [0.1, 0.15) is 0 Å². The first-order valence-corrected chi connectivity index (χ1v) is 1.41. The molecule has 0 rings (SSSR count). The average molecular weight is 214 g/mol. The van der Waals surface area contributed by atoms with E-state index >= 15 is 0 Å². The van der Waals surface area contributed by atoms with Crippen LogP contribution < -0.4 is 44.9 Å². The molecule has 6 nitrogen and oxygen atoms in total. The second kappa shape index (κ2) is 92.3. The summed E-state index contributed by atoms with van der Waals surface area (Å²) >= 11 is 0. The van der Waals surface area contributed by atoms with E-state index in [9.17, 15) is 0 Å². The Hall–Kier alpha value is -0.0705. The minimum atomic E-state index is -0.500. The normalized spacial score (nSPS) is 3.27. The van der Waals surface area contributed by atoms with Crippen LogP contribution in [-0.2, 0) is 31.5 Å². The molecule has 60 valence electrons. The van der Waals surface area contributed by atoms with Gasteiger partial charge in [0, 0.05) is 19.4 Å². The summed E-state index contributed by atoms with van der Waals surface area (Å²) in [5, 5.41) is 24.8. The van der Waals surface area contributed by atoms with Crippen molar-refractivity contribution in [1.29, 1.82) is 0 Å². The predicted octanol–water partition coefficient (Wildman–Crippen LogP) is -7.90. The maximum Gasteiger partial charge on any atom is 2.00 e. The van der Waals surface area contributed by atoms with Gasteiger partial charge >= 0.3 is 46.6 Å². The molecule has 0 bridgehead atoms. The van der Waals surface area contributed by atoms with E-state index < -0.39 is 19.4 Å². The second-order valence-electron chi connectivity index (χ2n) is 0.289. The van der Waals surface area contributed by atoms with Crippen molar-refractivity contribution < 1.29 is 76.3 Å². The molecule has 0 aliphatic heterocycles. The smallest absolute Gasteiger partial charge is 0.554 e. The van der Waals surface area contributed by atoms with Crippen LogP contribution in [-0.4, -0.2) is 19.4 Å². The van der Waals surface area contributed by atoms with Gasteiger partial charge in [-0.3, -0.25) is 0 Å². The van der Waals surface area contributed by atoms with Crippen molar-refractivity contribution in [3.05, 3.63) is 0 Å². The minimum absolute atomic E-state index is 0. The summed E-state index contributed by atoms with van der Waals surface area (Å²) in [6.07, 6.45) is 0. The van der Waals surface area contributed by atoms with E-state index in [1.807, 2.05) is 0 Å². The van der Waals surface area contributed by atoms with Gasteiger partial charge in [-0.1, -0.05) is 0 Å². The Morgan fingerprint density at radius 3 is 0.727 bits per heavy atom. The maximum absolute atomic E-state index is 8.25. The molecule has 0 spiro atoms. The minimum Gasteiger partial charge on any atom is -0.554 e. The summed E-state index contributed by atoms with van der Waals surface area (Å²) in [6, 6.07) is 0. The van der Waals surface area contributed by atoms with E-state index in [-0.39, 0.29) is 46.6 Å². The molecular weight excluding hydrogens is 211 g/mol. The Bertz CT molecular complexity index is 54.6. The number of hydrogen-bond acceptors (Lipinski definition) is 6. The summed E-state index contributed by atoms with van der Waals surface area (Å²) in [5.41, 5.74) is 0. The first-order chi connectivity index (χ1) is 4.24. The second-order valence-corrected chi connectivity index (χ2v) is 0.289. The fraction of sp³-hybridized carbons (Fsp3) is 0. The van der Waals surface area contributed by atoms with E-state index in [2.05, 4.69) is 0 Å². The Balaban J connectivity index is -0.0000000150. The summed E-state index contributed by atoms with van der Waals surface area (Å²) in [7, 11) is 0. The fourth-order valence-corrected chi connectivity index (χ4v) is 0. The third-order valence-corrected chi connectivity index (χ3v) is 0. The first-order valence-electron chi connectivity index (χ1n) is 1.41. The molecule has 0 aromatic rings. The quantitative estimate of drug-likeness (QED) is 0.291. The van der Waals surface area contributed by atoms with Gasteiger partial charge in [0.05, 0.1) is 0 Å². The van der Waals surface area contributed by atoms with Gasteiger partial charge in [-0.05, 0) is 0 Å². The third kappa shape index (κ3) is 126000. The Labute approximate surface area is 95.4 Å². The first kappa shape index (κ1) is 30.6. The molecule has 0 atom stereocenters. The van der Waals surface area contributed by atoms with Crippen LogP contribution in [0.25, 0.3) is 0 Å². The van der Waals surface area contributed by atoms with Crippen molar-refractivity contribution in [2.45, 2.75) is 0 Å². The summed E-state index contributed by atoms with van der Waals surface area (Å²) in [5.74, 6) is 0. The molecule has 0 fully saturated rings.